The summed E-state index contributed by atoms with van der Waals surface area (Å²) in [5.74, 6) is 1.17. The number of hydrogen-bond donors (Lipinski definition) is 2. The number of carbonyl (C=O) groups excluding carboxylic acids is 2. The summed E-state index contributed by atoms with van der Waals surface area (Å²) in [7, 11) is 0. The van der Waals surface area contributed by atoms with Crippen LogP contribution in [0.4, 0.5) is 21.9 Å². The van der Waals surface area contributed by atoms with Gasteiger partial charge in [-0.15, -0.1) is 11.3 Å². The number of nitrogens with one attached hydrogen (secondary N) is 2. The highest BCUT2D eigenvalue weighted by Crippen LogP contribution is 2.45. The molecule has 2 aromatic carbocycles. The van der Waals surface area contributed by atoms with Crippen LogP contribution < -0.4 is 20.3 Å². The van der Waals surface area contributed by atoms with Gasteiger partial charge in [0.25, 0.3) is 5.91 Å². The number of thiophene rings is 1. The lowest BCUT2D eigenvalue weighted by Crippen LogP contribution is -2.35. The molecular weight excluding hydrogens is 464 g/mol. The Labute approximate surface area is 205 Å². The van der Waals surface area contributed by atoms with E-state index in [-0.39, 0.29) is 18.0 Å². The van der Waals surface area contributed by atoms with Crippen LogP contribution in [0, 0.1) is 0 Å². The number of para-hydroxylation sites is 1. The Kier molecular flexibility index (Phi) is 5.55. The van der Waals surface area contributed by atoms with Crippen molar-refractivity contribution in [1.29, 1.82) is 0 Å². The topological polar surface area (TPSA) is 92.8 Å². The van der Waals surface area contributed by atoms with Crippen LogP contribution in [0.15, 0.2) is 66.9 Å². The van der Waals surface area contributed by atoms with Crippen LogP contribution in [0.25, 0.3) is 10.2 Å². The first-order chi connectivity index (χ1) is 17.2. The second kappa shape index (κ2) is 9.01. The zero-order valence-corrected chi connectivity index (χ0v) is 19.5. The fourth-order valence-electron chi connectivity index (χ4n) is 4.38. The highest BCUT2D eigenvalue weighted by Gasteiger charge is 2.32. The third-order valence-electron chi connectivity index (χ3n) is 6.04. The fourth-order valence-corrected chi connectivity index (χ4v) is 5.42. The summed E-state index contributed by atoms with van der Waals surface area (Å²) in [6.07, 6.45) is 3.64. The number of ether oxygens (including phenoxy) is 2. The number of amides is 3. The lowest BCUT2D eigenvalue weighted by molar-refractivity contribution is 0.0862. The minimum atomic E-state index is -0.340. The van der Waals surface area contributed by atoms with Gasteiger partial charge in [0.1, 0.15) is 21.2 Å². The predicted octanol–water partition coefficient (Wildman–Crippen LogP) is 5.68. The summed E-state index contributed by atoms with van der Waals surface area (Å²) in [6, 6.07) is 18.3. The lowest BCUT2D eigenvalue weighted by atomic mass is 10.1. The van der Waals surface area contributed by atoms with Crippen LogP contribution in [0.1, 0.15) is 22.5 Å². The summed E-state index contributed by atoms with van der Waals surface area (Å²) >= 11 is 1.27. The molecule has 0 radical (unpaired) electrons. The molecule has 2 aliphatic heterocycles. The normalized spacial score (nSPS) is 16.9. The van der Waals surface area contributed by atoms with Gasteiger partial charge in [-0.25, -0.2) is 9.78 Å². The molecule has 0 saturated carbocycles. The third-order valence-corrected chi connectivity index (χ3v) is 7.14. The molecule has 0 aliphatic carbocycles. The maximum absolute atomic E-state index is 13.2. The highest BCUT2D eigenvalue weighted by molar-refractivity contribution is 7.21. The van der Waals surface area contributed by atoms with Gasteiger partial charge in [0.2, 0.25) is 0 Å². The van der Waals surface area contributed by atoms with E-state index in [4.69, 9.17) is 9.47 Å². The molecule has 8 nitrogen and oxygen atoms in total. The largest absolute Gasteiger partial charge is 0.457 e. The standard InChI is InChI=1S/C26H22N4O4S/c31-24(28-15-19-7-4-14-33-19)23-22-21-20(12-13-27-25(21)35-23)30(26(32)29-22)16-8-10-18(11-9-16)34-17-5-2-1-3-6-17/h1-3,5-6,8-13,19H,4,7,14-15H2,(H,28,31)(H,29,32). The molecular formula is C26H22N4O4S. The number of nitrogens with zero attached hydrogens (tertiary/aromatic N) is 2. The average molecular weight is 487 g/mol. The van der Waals surface area contributed by atoms with Crippen LogP contribution in [0.2, 0.25) is 0 Å². The van der Waals surface area contributed by atoms with Crippen molar-refractivity contribution >= 4 is 50.6 Å². The number of urea groups is 1. The molecule has 2 aliphatic rings. The number of benzene rings is 2. The minimum Gasteiger partial charge on any atom is -0.457 e. The molecule has 3 amide bonds. The molecule has 9 heteroatoms. The summed E-state index contributed by atoms with van der Waals surface area (Å²) in [6.45, 7) is 1.18. The maximum atomic E-state index is 13.2. The molecule has 2 N–H and O–H groups in total. The van der Waals surface area contributed by atoms with Gasteiger partial charge in [0.15, 0.2) is 0 Å². The quantitative estimate of drug-likeness (QED) is 0.366. The highest BCUT2D eigenvalue weighted by atomic mass is 32.1. The van der Waals surface area contributed by atoms with Gasteiger partial charge in [-0.05, 0) is 55.3 Å². The lowest BCUT2D eigenvalue weighted by Gasteiger charge is -2.28. The van der Waals surface area contributed by atoms with Gasteiger partial charge in [-0.1, -0.05) is 18.2 Å². The van der Waals surface area contributed by atoms with Gasteiger partial charge in [-0.3, -0.25) is 9.69 Å². The van der Waals surface area contributed by atoms with E-state index in [9.17, 15) is 9.59 Å². The van der Waals surface area contributed by atoms with Gasteiger partial charge in [-0.2, -0.15) is 0 Å². The van der Waals surface area contributed by atoms with Crippen molar-refractivity contribution in [2.24, 2.45) is 0 Å². The van der Waals surface area contributed by atoms with E-state index >= 15 is 0 Å². The molecule has 1 unspecified atom stereocenters. The Balaban J connectivity index is 1.29. The summed E-state index contributed by atoms with van der Waals surface area (Å²) < 4.78 is 11.5. The van der Waals surface area contributed by atoms with E-state index in [1.54, 1.807) is 17.2 Å². The number of rotatable bonds is 6. The van der Waals surface area contributed by atoms with E-state index < -0.39 is 0 Å². The van der Waals surface area contributed by atoms with Gasteiger partial charge in [0, 0.05) is 19.3 Å². The summed E-state index contributed by atoms with van der Waals surface area (Å²) in [5.41, 5.74) is 1.86. The third kappa shape index (κ3) is 4.09. The van der Waals surface area contributed by atoms with Crippen molar-refractivity contribution in [2.45, 2.75) is 18.9 Å². The number of pyridine rings is 1. The van der Waals surface area contributed by atoms with Crippen molar-refractivity contribution in [3.63, 3.8) is 0 Å². The minimum absolute atomic E-state index is 0.0392. The van der Waals surface area contributed by atoms with Crippen molar-refractivity contribution in [3.8, 4) is 11.5 Å². The van der Waals surface area contributed by atoms with Crippen molar-refractivity contribution < 1.29 is 19.1 Å². The van der Waals surface area contributed by atoms with Gasteiger partial charge >= 0.3 is 6.03 Å². The van der Waals surface area contributed by atoms with Crippen molar-refractivity contribution in [3.05, 3.63) is 71.7 Å². The van der Waals surface area contributed by atoms with E-state index in [1.807, 2.05) is 54.6 Å². The van der Waals surface area contributed by atoms with Crippen LogP contribution in [0.5, 0.6) is 11.5 Å². The molecule has 35 heavy (non-hydrogen) atoms. The molecule has 6 rings (SSSR count). The molecule has 1 atom stereocenters. The average Bonchev–Trinajstić information content (AvgIpc) is 3.53. The molecule has 0 spiro atoms. The summed E-state index contributed by atoms with van der Waals surface area (Å²) in [4.78, 5) is 33.4. The molecule has 4 heterocycles. The van der Waals surface area contributed by atoms with Crippen molar-refractivity contribution in [1.82, 2.24) is 10.3 Å². The van der Waals surface area contributed by atoms with Crippen molar-refractivity contribution in [2.75, 3.05) is 23.4 Å². The molecule has 1 saturated heterocycles. The van der Waals surface area contributed by atoms with Crippen LogP contribution in [-0.4, -0.2) is 36.2 Å². The molecule has 176 valence electrons. The first kappa shape index (κ1) is 21.6. The summed E-state index contributed by atoms with van der Waals surface area (Å²) in [5, 5.41) is 6.62. The Morgan fingerprint density at radius 1 is 1.14 bits per heavy atom. The van der Waals surface area contributed by atoms with Crippen LogP contribution in [0.3, 0.4) is 0 Å². The molecule has 4 aromatic rings. The van der Waals surface area contributed by atoms with E-state index in [0.717, 1.165) is 30.6 Å². The van der Waals surface area contributed by atoms with Gasteiger partial charge in [0.05, 0.1) is 28.6 Å². The Bertz CT molecular complexity index is 1400. The first-order valence-corrected chi connectivity index (χ1v) is 12.2. The number of aromatic nitrogens is 1. The number of hydrogen-bond acceptors (Lipinski definition) is 6. The monoisotopic (exact) mass is 486 g/mol. The number of anilines is 3. The first-order valence-electron chi connectivity index (χ1n) is 11.4. The smallest absolute Gasteiger partial charge is 0.331 e. The molecule has 1 fully saturated rings. The predicted molar refractivity (Wildman–Crippen MR) is 135 cm³/mol. The molecule has 0 bridgehead atoms. The Morgan fingerprint density at radius 3 is 2.71 bits per heavy atom. The molecule has 2 aromatic heterocycles. The second-order valence-corrected chi connectivity index (χ2v) is 9.34. The zero-order valence-electron chi connectivity index (χ0n) is 18.7. The van der Waals surface area contributed by atoms with E-state index in [0.29, 0.717) is 39.1 Å². The van der Waals surface area contributed by atoms with Crippen LogP contribution in [-0.2, 0) is 4.74 Å². The maximum Gasteiger partial charge on any atom is 0.331 e. The fraction of sp³-hybridized carbons (Fsp3) is 0.192. The van der Waals surface area contributed by atoms with Gasteiger partial charge < -0.3 is 20.1 Å². The van der Waals surface area contributed by atoms with E-state index in [2.05, 4.69) is 15.6 Å². The Morgan fingerprint density at radius 2 is 1.94 bits per heavy atom. The SMILES string of the molecule is O=C(NCC1CCCO1)c1sc2nccc3c2c1NC(=O)N3c1ccc(Oc2ccccc2)cc1. The second-order valence-electron chi connectivity index (χ2n) is 8.34. The zero-order chi connectivity index (χ0) is 23.8. The van der Waals surface area contributed by atoms with E-state index in [1.165, 1.54) is 11.3 Å². The van der Waals surface area contributed by atoms with Crippen LogP contribution >= 0.6 is 11.3 Å². The Hall–Kier alpha value is -3.95. The number of carbonyl (C=O) groups is 2.